The summed E-state index contributed by atoms with van der Waals surface area (Å²) in [6, 6.07) is 7.86. The number of halogens is 1. The van der Waals surface area contributed by atoms with Crippen molar-refractivity contribution in [3.8, 4) is 0 Å². The van der Waals surface area contributed by atoms with Gasteiger partial charge in [0.25, 0.3) is 0 Å². The van der Waals surface area contributed by atoms with Crippen LogP contribution in [0.1, 0.15) is 31.7 Å². The van der Waals surface area contributed by atoms with Crippen molar-refractivity contribution in [3.63, 3.8) is 0 Å². The van der Waals surface area contributed by atoms with E-state index in [-0.39, 0.29) is 5.92 Å². The Labute approximate surface area is 105 Å². The molecule has 0 fully saturated rings. The van der Waals surface area contributed by atoms with Gasteiger partial charge in [0, 0.05) is 4.47 Å². The smallest absolute Gasteiger partial charge is 0.306 e. The lowest BCUT2D eigenvalue weighted by atomic mass is 9.94. The van der Waals surface area contributed by atoms with Gasteiger partial charge in [-0.15, -0.1) is 0 Å². The van der Waals surface area contributed by atoms with Crippen LogP contribution in [0.5, 0.6) is 0 Å². The maximum Gasteiger partial charge on any atom is 0.306 e. The number of carboxylic acid groups (broad SMARTS) is 1. The number of carbonyl (C=O) groups is 1. The standard InChI is InChI=1S/C13H17BrO2/c1-2-3-6-11(13(15)16)8-10-5-4-7-12(14)9-10/h4-5,7,9,11H,2-3,6,8H2,1H3,(H,15,16). The zero-order chi connectivity index (χ0) is 12.0. The monoisotopic (exact) mass is 284 g/mol. The highest BCUT2D eigenvalue weighted by atomic mass is 79.9. The van der Waals surface area contributed by atoms with E-state index in [0.717, 1.165) is 29.3 Å². The minimum absolute atomic E-state index is 0.255. The molecule has 0 amide bonds. The molecule has 0 spiro atoms. The van der Waals surface area contributed by atoms with Crippen LogP contribution in [0.3, 0.4) is 0 Å². The number of aliphatic carboxylic acids is 1. The van der Waals surface area contributed by atoms with Crippen molar-refractivity contribution >= 4 is 21.9 Å². The summed E-state index contributed by atoms with van der Waals surface area (Å²) in [5.74, 6) is -0.942. The second-order valence-electron chi connectivity index (χ2n) is 4.01. The van der Waals surface area contributed by atoms with E-state index in [1.807, 2.05) is 24.3 Å². The summed E-state index contributed by atoms with van der Waals surface area (Å²) in [5, 5.41) is 9.12. The van der Waals surface area contributed by atoms with Gasteiger partial charge in [0.1, 0.15) is 0 Å². The highest BCUT2D eigenvalue weighted by Crippen LogP contribution is 2.18. The lowest BCUT2D eigenvalue weighted by molar-refractivity contribution is -0.141. The van der Waals surface area contributed by atoms with Gasteiger partial charge in [0.2, 0.25) is 0 Å². The predicted octanol–water partition coefficient (Wildman–Crippen LogP) is 3.88. The van der Waals surface area contributed by atoms with E-state index in [9.17, 15) is 4.79 Å². The van der Waals surface area contributed by atoms with Crippen LogP contribution >= 0.6 is 15.9 Å². The molecule has 3 heteroatoms. The third-order valence-electron chi connectivity index (χ3n) is 2.63. The summed E-state index contributed by atoms with van der Waals surface area (Å²) >= 11 is 3.39. The number of hydrogen-bond donors (Lipinski definition) is 1. The predicted molar refractivity (Wildman–Crippen MR) is 68.5 cm³/mol. The Kier molecular flexibility index (Phi) is 5.53. The highest BCUT2D eigenvalue weighted by Gasteiger charge is 2.17. The number of benzene rings is 1. The zero-order valence-corrected chi connectivity index (χ0v) is 11.0. The van der Waals surface area contributed by atoms with Gasteiger partial charge in [-0.05, 0) is 30.5 Å². The van der Waals surface area contributed by atoms with Crippen LogP contribution < -0.4 is 0 Å². The third-order valence-corrected chi connectivity index (χ3v) is 3.12. The van der Waals surface area contributed by atoms with E-state index in [0.29, 0.717) is 6.42 Å². The molecule has 0 saturated heterocycles. The van der Waals surface area contributed by atoms with Gasteiger partial charge >= 0.3 is 5.97 Å². The van der Waals surface area contributed by atoms with Gasteiger partial charge in [0.05, 0.1) is 5.92 Å². The van der Waals surface area contributed by atoms with Crippen molar-refractivity contribution in [2.24, 2.45) is 5.92 Å². The molecule has 0 aliphatic carbocycles. The molecular formula is C13H17BrO2. The number of unbranched alkanes of at least 4 members (excludes halogenated alkanes) is 1. The fraction of sp³-hybridized carbons (Fsp3) is 0.462. The van der Waals surface area contributed by atoms with E-state index in [1.54, 1.807) is 0 Å². The summed E-state index contributed by atoms with van der Waals surface area (Å²) in [6.07, 6.45) is 3.40. The van der Waals surface area contributed by atoms with E-state index >= 15 is 0 Å². The zero-order valence-electron chi connectivity index (χ0n) is 9.45. The molecule has 1 rings (SSSR count). The lowest BCUT2D eigenvalue weighted by Gasteiger charge is -2.11. The van der Waals surface area contributed by atoms with Crippen molar-refractivity contribution in [2.45, 2.75) is 32.6 Å². The van der Waals surface area contributed by atoms with Crippen LogP contribution in [0.15, 0.2) is 28.7 Å². The molecule has 1 atom stereocenters. The van der Waals surface area contributed by atoms with E-state index in [4.69, 9.17) is 5.11 Å². The van der Waals surface area contributed by atoms with Crippen molar-refractivity contribution < 1.29 is 9.90 Å². The molecule has 1 unspecified atom stereocenters. The maximum atomic E-state index is 11.1. The number of rotatable bonds is 6. The molecule has 1 N–H and O–H groups in total. The average molecular weight is 285 g/mol. The normalized spacial score (nSPS) is 12.4. The van der Waals surface area contributed by atoms with Crippen LogP contribution in [0.4, 0.5) is 0 Å². The molecule has 0 saturated carbocycles. The van der Waals surface area contributed by atoms with Crippen molar-refractivity contribution in [1.82, 2.24) is 0 Å². The van der Waals surface area contributed by atoms with Gasteiger partial charge in [-0.2, -0.15) is 0 Å². The van der Waals surface area contributed by atoms with Crippen molar-refractivity contribution in [2.75, 3.05) is 0 Å². The Morgan fingerprint density at radius 3 is 2.81 bits per heavy atom. The molecule has 88 valence electrons. The molecule has 0 bridgehead atoms. The first-order valence-electron chi connectivity index (χ1n) is 5.60. The third kappa shape index (κ3) is 4.35. The molecule has 1 aromatic carbocycles. The SMILES string of the molecule is CCCCC(Cc1cccc(Br)c1)C(=O)O. The Balaban J connectivity index is 2.64. The quantitative estimate of drug-likeness (QED) is 0.861. The Bertz CT molecular complexity index is 350. The van der Waals surface area contributed by atoms with Gasteiger partial charge in [-0.3, -0.25) is 4.79 Å². The van der Waals surface area contributed by atoms with Gasteiger partial charge in [0.15, 0.2) is 0 Å². The van der Waals surface area contributed by atoms with Crippen molar-refractivity contribution in [1.29, 1.82) is 0 Å². The molecular weight excluding hydrogens is 268 g/mol. The summed E-state index contributed by atoms with van der Waals surface area (Å²) in [5.41, 5.74) is 1.08. The fourth-order valence-corrected chi connectivity index (χ4v) is 2.16. The highest BCUT2D eigenvalue weighted by molar-refractivity contribution is 9.10. The largest absolute Gasteiger partial charge is 0.481 e. The maximum absolute atomic E-state index is 11.1. The fourth-order valence-electron chi connectivity index (χ4n) is 1.71. The minimum Gasteiger partial charge on any atom is -0.481 e. The van der Waals surface area contributed by atoms with Crippen LogP contribution in [-0.2, 0) is 11.2 Å². The summed E-state index contributed by atoms with van der Waals surface area (Å²) in [6.45, 7) is 2.08. The second-order valence-corrected chi connectivity index (χ2v) is 4.93. The average Bonchev–Trinajstić information content (AvgIpc) is 2.24. The molecule has 0 aromatic heterocycles. The lowest BCUT2D eigenvalue weighted by Crippen LogP contribution is -2.16. The van der Waals surface area contributed by atoms with Crippen LogP contribution in [0.2, 0.25) is 0 Å². The van der Waals surface area contributed by atoms with Crippen LogP contribution in [-0.4, -0.2) is 11.1 Å². The van der Waals surface area contributed by atoms with Gasteiger partial charge in [-0.25, -0.2) is 0 Å². The Hall–Kier alpha value is -0.830. The molecule has 2 nitrogen and oxygen atoms in total. The van der Waals surface area contributed by atoms with Gasteiger partial charge in [-0.1, -0.05) is 47.8 Å². The van der Waals surface area contributed by atoms with E-state index in [2.05, 4.69) is 22.9 Å². The first-order chi connectivity index (χ1) is 7.63. The van der Waals surface area contributed by atoms with Crippen LogP contribution in [0.25, 0.3) is 0 Å². The molecule has 0 heterocycles. The number of carboxylic acids is 1. The Morgan fingerprint density at radius 2 is 2.25 bits per heavy atom. The first kappa shape index (κ1) is 13.2. The first-order valence-corrected chi connectivity index (χ1v) is 6.40. The van der Waals surface area contributed by atoms with Crippen LogP contribution in [0, 0.1) is 5.92 Å². The second kappa shape index (κ2) is 6.69. The topological polar surface area (TPSA) is 37.3 Å². The molecule has 0 radical (unpaired) electrons. The number of hydrogen-bond acceptors (Lipinski definition) is 1. The molecule has 0 aliphatic rings. The summed E-state index contributed by atoms with van der Waals surface area (Å²) < 4.78 is 1.00. The summed E-state index contributed by atoms with van der Waals surface area (Å²) in [7, 11) is 0. The van der Waals surface area contributed by atoms with Crippen molar-refractivity contribution in [3.05, 3.63) is 34.3 Å². The Morgan fingerprint density at radius 1 is 1.50 bits per heavy atom. The van der Waals surface area contributed by atoms with Gasteiger partial charge < -0.3 is 5.11 Å². The molecule has 0 aliphatic heterocycles. The van der Waals surface area contributed by atoms with E-state index in [1.165, 1.54) is 0 Å². The molecule has 16 heavy (non-hydrogen) atoms. The summed E-state index contributed by atoms with van der Waals surface area (Å²) in [4.78, 5) is 11.1. The van der Waals surface area contributed by atoms with E-state index < -0.39 is 5.97 Å². The minimum atomic E-state index is -0.687. The molecule has 1 aromatic rings.